The Morgan fingerprint density at radius 1 is 1.30 bits per heavy atom. The molecule has 1 atom stereocenters. The third-order valence-electron chi connectivity index (χ3n) is 3.59. The number of nitrogens with zero attached hydrogens (tertiary/aromatic N) is 2. The summed E-state index contributed by atoms with van der Waals surface area (Å²) in [4.78, 5) is 7.79. The minimum absolute atomic E-state index is 0.186. The summed E-state index contributed by atoms with van der Waals surface area (Å²) in [5, 5.41) is 0. The quantitative estimate of drug-likeness (QED) is 0.943. The van der Waals surface area contributed by atoms with Gasteiger partial charge in [0.25, 0.3) is 0 Å². The number of aromatic amines is 1. The molecule has 3 rings (SSSR count). The summed E-state index contributed by atoms with van der Waals surface area (Å²) < 4.78 is 27.0. The van der Waals surface area contributed by atoms with E-state index in [-0.39, 0.29) is 6.04 Å². The molecule has 1 N–H and O–H groups in total. The van der Waals surface area contributed by atoms with Crippen molar-refractivity contribution in [2.75, 3.05) is 6.54 Å². The molecule has 0 bridgehead atoms. The van der Waals surface area contributed by atoms with Crippen molar-refractivity contribution in [3.8, 4) is 0 Å². The van der Waals surface area contributed by atoms with Crippen molar-refractivity contribution in [3.63, 3.8) is 0 Å². The number of imidazole rings is 1. The molecule has 6 heteroatoms. The van der Waals surface area contributed by atoms with Gasteiger partial charge in [0.15, 0.2) is 0 Å². The van der Waals surface area contributed by atoms with E-state index in [0.717, 1.165) is 24.4 Å². The minimum Gasteiger partial charge on any atom is -0.345 e. The molecule has 106 valence electrons. The van der Waals surface area contributed by atoms with Crippen LogP contribution in [-0.4, -0.2) is 29.2 Å². The average molecular weight is 291 g/mol. The van der Waals surface area contributed by atoms with Crippen LogP contribution in [0, 0.1) is 6.92 Å². The van der Waals surface area contributed by atoms with E-state index in [1.165, 1.54) is 0 Å². The van der Waals surface area contributed by atoms with Crippen LogP contribution in [0.25, 0.3) is 0 Å². The highest BCUT2D eigenvalue weighted by molar-refractivity contribution is 7.89. The van der Waals surface area contributed by atoms with Crippen LogP contribution < -0.4 is 0 Å². The summed E-state index contributed by atoms with van der Waals surface area (Å²) >= 11 is 0. The summed E-state index contributed by atoms with van der Waals surface area (Å²) in [6.45, 7) is 2.46. The van der Waals surface area contributed by atoms with Gasteiger partial charge in [-0.3, -0.25) is 0 Å². The zero-order valence-corrected chi connectivity index (χ0v) is 12.1. The van der Waals surface area contributed by atoms with Gasteiger partial charge in [-0.25, -0.2) is 13.4 Å². The van der Waals surface area contributed by atoms with Crippen LogP contribution >= 0.6 is 0 Å². The summed E-state index contributed by atoms with van der Waals surface area (Å²) in [6.07, 6.45) is 3.40. The zero-order valence-electron chi connectivity index (χ0n) is 11.3. The number of nitrogens with one attached hydrogen (secondary N) is 1. The molecular weight excluding hydrogens is 274 g/mol. The topological polar surface area (TPSA) is 66.1 Å². The van der Waals surface area contributed by atoms with Gasteiger partial charge in [0.1, 0.15) is 5.82 Å². The number of H-pyrrole nitrogens is 1. The second-order valence-electron chi connectivity index (χ2n) is 5.04. The first-order valence-electron chi connectivity index (χ1n) is 6.67. The van der Waals surface area contributed by atoms with Crippen molar-refractivity contribution in [1.82, 2.24) is 14.3 Å². The summed E-state index contributed by atoms with van der Waals surface area (Å²) in [7, 11) is -3.45. The number of hydrogen-bond donors (Lipinski definition) is 1. The van der Waals surface area contributed by atoms with Crippen molar-refractivity contribution in [2.45, 2.75) is 30.7 Å². The third kappa shape index (κ3) is 2.25. The van der Waals surface area contributed by atoms with Gasteiger partial charge in [-0.2, -0.15) is 4.31 Å². The first-order chi connectivity index (χ1) is 9.59. The maximum Gasteiger partial charge on any atom is 0.243 e. The lowest BCUT2D eigenvalue weighted by Crippen LogP contribution is -2.31. The van der Waals surface area contributed by atoms with Crippen molar-refractivity contribution in [2.24, 2.45) is 0 Å². The molecule has 0 aliphatic carbocycles. The highest BCUT2D eigenvalue weighted by atomic mass is 32.2. The van der Waals surface area contributed by atoms with Crippen molar-refractivity contribution in [1.29, 1.82) is 0 Å². The Labute approximate surface area is 118 Å². The van der Waals surface area contributed by atoms with Gasteiger partial charge in [0.2, 0.25) is 10.0 Å². The highest BCUT2D eigenvalue weighted by Gasteiger charge is 2.37. The zero-order chi connectivity index (χ0) is 14.2. The van der Waals surface area contributed by atoms with E-state index in [2.05, 4.69) is 9.97 Å². The van der Waals surface area contributed by atoms with Gasteiger partial charge < -0.3 is 4.98 Å². The number of sulfonamides is 1. The molecule has 0 spiro atoms. The van der Waals surface area contributed by atoms with E-state index in [1.54, 1.807) is 34.8 Å². The first kappa shape index (κ1) is 13.3. The van der Waals surface area contributed by atoms with Crippen LogP contribution in [0.15, 0.2) is 41.4 Å². The second-order valence-corrected chi connectivity index (χ2v) is 6.93. The minimum atomic E-state index is -3.45. The fraction of sp³-hybridized carbons (Fsp3) is 0.357. The molecule has 1 saturated heterocycles. The summed E-state index contributed by atoms with van der Waals surface area (Å²) in [5.74, 6) is 0.736. The van der Waals surface area contributed by atoms with Gasteiger partial charge in [-0.15, -0.1) is 0 Å². The Hall–Kier alpha value is -1.66. The maximum atomic E-state index is 12.7. The van der Waals surface area contributed by atoms with Gasteiger partial charge in [-0.1, -0.05) is 18.2 Å². The van der Waals surface area contributed by atoms with Crippen LogP contribution in [0.3, 0.4) is 0 Å². The number of aromatic nitrogens is 2. The summed E-state index contributed by atoms with van der Waals surface area (Å²) in [5.41, 5.74) is 0.948. The Morgan fingerprint density at radius 2 is 2.05 bits per heavy atom. The van der Waals surface area contributed by atoms with Crippen molar-refractivity contribution < 1.29 is 8.42 Å². The Morgan fingerprint density at radius 3 is 2.70 bits per heavy atom. The van der Waals surface area contributed by atoms with Gasteiger partial charge in [0, 0.05) is 18.4 Å². The monoisotopic (exact) mass is 291 g/mol. The van der Waals surface area contributed by atoms with Gasteiger partial charge in [-0.05, 0) is 31.9 Å². The Bertz CT molecular complexity index is 694. The van der Waals surface area contributed by atoms with Crippen LogP contribution in [0.1, 0.15) is 30.4 Å². The smallest absolute Gasteiger partial charge is 0.243 e. The molecule has 1 aromatic heterocycles. The van der Waals surface area contributed by atoms with Crippen molar-refractivity contribution in [3.05, 3.63) is 48.0 Å². The normalized spacial score (nSPS) is 20.4. The molecule has 0 radical (unpaired) electrons. The average Bonchev–Trinajstić information content (AvgIpc) is 3.08. The Balaban J connectivity index is 1.97. The molecule has 1 aliphatic rings. The molecular formula is C14H17N3O2S. The standard InChI is InChI=1S/C14H17N3O2S/c1-11-10-15-14(16-11)13-8-5-9-17(13)20(18,19)12-6-3-2-4-7-12/h2-4,6-7,10,13H,5,8-9H2,1H3,(H,15,16)/t13-/m1/s1. The third-order valence-corrected chi connectivity index (χ3v) is 5.51. The van der Waals surface area contributed by atoms with E-state index in [0.29, 0.717) is 11.4 Å². The lowest BCUT2D eigenvalue weighted by atomic mass is 10.2. The van der Waals surface area contributed by atoms with Crippen molar-refractivity contribution >= 4 is 10.0 Å². The van der Waals surface area contributed by atoms with Crippen LogP contribution in [0.2, 0.25) is 0 Å². The summed E-state index contributed by atoms with van der Waals surface area (Å²) in [6, 6.07) is 8.39. The lowest BCUT2D eigenvalue weighted by molar-refractivity contribution is 0.385. The lowest BCUT2D eigenvalue weighted by Gasteiger charge is -2.22. The highest BCUT2D eigenvalue weighted by Crippen LogP contribution is 2.35. The van der Waals surface area contributed by atoms with Crippen LogP contribution in [-0.2, 0) is 10.0 Å². The largest absolute Gasteiger partial charge is 0.345 e. The molecule has 2 heterocycles. The molecule has 0 unspecified atom stereocenters. The SMILES string of the molecule is Cc1cnc([C@H]2CCCN2S(=O)(=O)c2ccccc2)[nH]1. The predicted molar refractivity (Wildman–Crippen MR) is 75.6 cm³/mol. The van der Waals surface area contributed by atoms with Crippen LogP contribution in [0.4, 0.5) is 0 Å². The molecule has 1 aromatic carbocycles. The molecule has 0 saturated carbocycles. The molecule has 2 aromatic rings. The number of benzene rings is 1. The van der Waals surface area contributed by atoms with Gasteiger partial charge >= 0.3 is 0 Å². The van der Waals surface area contributed by atoms with E-state index in [4.69, 9.17) is 0 Å². The molecule has 20 heavy (non-hydrogen) atoms. The number of hydrogen-bond acceptors (Lipinski definition) is 3. The van der Waals surface area contributed by atoms with E-state index >= 15 is 0 Å². The fourth-order valence-corrected chi connectivity index (χ4v) is 4.31. The Kier molecular flexibility index (Phi) is 3.35. The van der Waals surface area contributed by atoms with E-state index in [1.807, 2.05) is 13.0 Å². The molecule has 1 aliphatic heterocycles. The maximum absolute atomic E-state index is 12.7. The van der Waals surface area contributed by atoms with E-state index < -0.39 is 10.0 Å². The first-order valence-corrected chi connectivity index (χ1v) is 8.11. The van der Waals surface area contributed by atoms with E-state index in [9.17, 15) is 8.42 Å². The second kappa shape index (κ2) is 5.03. The van der Waals surface area contributed by atoms with Crippen LogP contribution in [0.5, 0.6) is 0 Å². The predicted octanol–water partition coefficient (Wildman–Crippen LogP) is 2.24. The fourth-order valence-electron chi connectivity index (χ4n) is 2.63. The molecule has 0 amide bonds. The number of rotatable bonds is 3. The number of aryl methyl sites for hydroxylation is 1. The van der Waals surface area contributed by atoms with Gasteiger partial charge in [0.05, 0.1) is 10.9 Å². The molecule has 1 fully saturated rings. The molecule has 5 nitrogen and oxygen atoms in total.